The first-order valence-corrected chi connectivity index (χ1v) is 19.8. The Balaban J connectivity index is 1.03. The number of rotatable bonds is 6. The molecular weight excluding hydrogens is 723 g/mol. The molecule has 4 heterocycles. The van der Waals surface area contributed by atoms with E-state index in [-0.39, 0.29) is 0 Å². The highest BCUT2D eigenvalue weighted by molar-refractivity contribution is 6.13. The Morgan fingerprint density at radius 2 is 1.00 bits per heavy atom. The Hall–Kier alpha value is -7.96. The molecule has 11 aromatic rings. The van der Waals surface area contributed by atoms with Crippen LogP contribution < -0.4 is 0 Å². The minimum absolute atomic E-state index is 0.584. The predicted molar refractivity (Wildman–Crippen MR) is 235 cm³/mol. The van der Waals surface area contributed by atoms with E-state index in [4.69, 9.17) is 24.4 Å². The van der Waals surface area contributed by atoms with Crippen molar-refractivity contribution in [2.75, 3.05) is 0 Å². The second-order valence-electron chi connectivity index (χ2n) is 15.0. The minimum Gasteiger partial charge on any atom is -0.456 e. The summed E-state index contributed by atoms with van der Waals surface area (Å²) in [5.41, 5.74) is 12.6. The summed E-state index contributed by atoms with van der Waals surface area (Å²) >= 11 is 0. The highest BCUT2D eigenvalue weighted by Crippen LogP contribution is 2.53. The van der Waals surface area contributed by atoms with E-state index >= 15 is 0 Å². The monoisotopic (exact) mass is 755 g/mol. The van der Waals surface area contributed by atoms with Crippen molar-refractivity contribution < 1.29 is 4.42 Å². The van der Waals surface area contributed by atoms with E-state index in [1.54, 1.807) is 0 Å². The predicted octanol–water partition coefficient (Wildman–Crippen LogP) is 12.5. The third-order valence-corrected chi connectivity index (χ3v) is 11.7. The molecule has 0 fully saturated rings. The van der Waals surface area contributed by atoms with E-state index in [2.05, 4.69) is 132 Å². The first-order valence-electron chi connectivity index (χ1n) is 19.8. The smallest absolute Gasteiger partial charge is 0.164 e. The van der Waals surface area contributed by atoms with Crippen LogP contribution in [0.5, 0.6) is 0 Å². The third-order valence-electron chi connectivity index (χ3n) is 11.7. The molecule has 0 spiro atoms. The maximum Gasteiger partial charge on any atom is 0.164 e. The van der Waals surface area contributed by atoms with Gasteiger partial charge in [0.05, 0.1) is 16.7 Å². The number of para-hydroxylation sites is 1. The molecule has 0 aliphatic carbocycles. The summed E-state index contributed by atoms with van der Waals surface area (Å²) in [4.78, 5) is 20.6. The summed E-state index contributed by atoms with van der Waals surface area (Å²) in [5.74, 6) is 2.81. The molecule has 276 valence electrons. The van der Waals surface area contributed by atoms with E-state index in [9.17, 15) is 0 Å². The van der Waals surface area contributed by atoms with E-state index in [1.807, 2.05) is 72.8 Å². The lowest BCUT2D eigenvalue weighted by atomic mass is 9.70. The number of fused-ring (bicyclic) bond motifs is 8. The first-order chi connectivity index (χ1) is 29.2. The molecule has 8 aromatic carbocycles. The van der Waals surface area contributed by atoms with Crippen molar-refractivity contribution in [3.05, 3.63) is 223 Å². The second kappa shape index (κ2) is 13.0. The number of hydrogen-bond donors (Lipinski definition) is 0. The number of imidazole rings is 1. The Labute approximate surface area is 339 Å². The van der Waals surface area contributed by atoms with Crippen LogP contribution in [0.3, 0.4) is 0 Å². The molecule has 0 atom stereocenters. The lowest BCUT2D eigenvalue weighted by molar-refractivity contribution is 0.669. The zero-order valence-electron chi connectivity index (χ0n) is 31.7. The van der Waals surface area contributed by atoms with Crippen molar-refractivity contribution in [1.82, 2.24) is 24.5 Å². The molecular formula is C53H33N5O. The number of benzene rings is 8. The highest BCUT2D eigenvalue weighted by atomic mass is 16.3. The van der Waals surface area contributed by atoms with Crippen LogP contribution in [0.25, 0.3) is 83.9 Å². The molecule has 1 aliphatic rings. The fraction of sp³-hybridized carbons (Fsp3) is 0.0189. The van der Waals surface area contributed by atoms with E-state index in [1.165, 1.54) is 16.7 Å². The zero-order valence-corrected chi connectivity index (χ0v) is 31.7. The average molecular weight is 756 g/mol. The van der Waals surface area contributed by atoms with Crippen molar-refractivity contribution in [3.63, 3.8) is 0 Å². The minimum atomic E-state index is -0.584. The Kier molecular flexibility index (Phi) is 7.34. The fourth-order valence-electron chi connectivity index (χ4n) is 9.10. The first kappa shape index (κ1) is 33.2. The van der Waals surface area contributed by atoms with Gasteiger partial charge < -0.3 is 4.42 Å². The molecule has 0 unspecified atom stereocenters. The average Bonchev–Trinajstić information content (AvgIpc) is 3.97. The lowest BCUT2D eigenvalue weighted by Gasteiger charge is -2.30. The number of hydrogen-bond acceptors (Lipinski definition) is 5. The molecule has 0 bridgehead atoms. The van der Waals surface area contributed by atoms with Gasteiger partial charge in [-0.05, 0) is 64.2 Å². The van der Waals surface area contributed by atoms with Crippen molar-refractivity contribution >= 4 is 33.0 Å². The van der Waals surface area contributed by atoms with Crippen LogP contribution in [-0.2, 0) is 5.41 Å². The zero-order chi connectivity index (χ0) is 38.9. The Morgan fingerprint density at radius 1 is 0.424 bits per heavy atom. The van der Waals surface area contributed by atoms with Crippen LogP contribution >= 0.6 is 0 Å². The maximum absolute atomic E-state index is 6.50. The van der Waals surface area contributed by atoms with Gasteiger partial charge in [0.15, 0.2) is 17.5 Å². The summed E-state index contributed by atoms with van der Waals surface area (Å²) in [5, 5.41) is 1.95. The quantitative estimate of drug-likeness (QED) is 0.169. The summed E-state index contributed by atoms with van der Waals surface area (Å²) < 4.78 is 8.86. The van der Waals surface area contributed by atoms with Gasteiger partial charge >= 0.3 is 0 Å². The van der Waals surface area contributed by atoms with Gasteiger partial charge in [-0.2, -0.15) is 0 Å². The molecule has 0 N–H and O–H groups in total. The van der Waals surface area contributed by atoms with Gasteiger partial charge in [0, 0.05) is 27.5 Å². The van der Waals surface area contributed by atoms with Gasteiger partial charge in [-0.3, -0.25) is 4.57 Å². The molecule has 0 saturated carbocycles. The lowest BCUT2D eigenvalue weighted by Crippen LogP contribution is -2.29. The molecule has 12 rings (SSSR count). The Morgan fingerprint density at radius 3 is 1.68 bits per heavy atom. The number of aromatic nitrogens is 5. The molecule has 59 heavy (non-hydrogen) atoms. The second-order valence-corrected chi connectivity index (χ2v) is 15.0. The number of furan rings is 1. The highest BCUT2D eigenvalue weighted by Gasteiger charge is 2.49. The summed E-state index contributed by atoms with van der Waals surface area (Å²) in [6, 6.07) is 69.6. The SMILES string of the molecule is c1ccc(-c2nc(-c3ccccc3)nc(-c3cccc4oc5ccc(-c6ccc7c(c6)nc6n7-c7ccccc7C6(c6ccccc6)c6ccccc6)cc5c34)n2)cc1. The van der Waals surface area contributed by atoms with Crippen molar-refractivity contribution in [2.24, 2.45) is 0 Å². The van der Waals surface area contributed by atoms with Crippen molar-refractivity contribution in [3.8, 4) is 51.0 Å². The van der Waals surface area contributed by atoms with Gasteiger partial charge in [0.1, 0.15) is 22.4 Å². The van der Waals surface area contributed by atoms with Crippen LogP contribution in [0.15, 0.2) is 205 Å². The van der Waals surface area contributed by atoms with Crippen molar-refractivity contribution in [2.45, 2.75) is 5.41 Å². The Bertz CT molecular complexity index is 3280. The van der Waals surface area contributed by atoms with E-state index < -0.39 is 5.41 Å². The van der Waals surface area contributed by atoms with Crippen LogP contribution in [0.1, 0.15) is 22.5 Å². The van der Waals surface area contributed by atoms with Crippen LogP contribution in [0.4, 0.5) is 0 Å². The van der Waals surface area contributed by atoms with E-state index in [0.717, 1.165) is 72.3 Å². The molecule has 6 nitrogen and oxygen atoms in total. The molecule has 6 heteroatoms. The molecule has 0 radical (unpaired) electrons. The topological polar surface area (TPSA) is 69.6 Å². The van der Waals surface area contributed by atoms with Crippen molar-refractivity contribution in [1.29, 1.82) is 0 Å². The summed E-state index contributed by atoms with van der Waals surface area (Å²) in [6.45, 7) is 0. The van der Waals surface area contributed by atoms with Gasteiger partial charge in [0.25, 0.3) is 0 Å². The standard InChI is InChI=1S/C53H33N5O/c1-5-16-34(17-6-1)49-55-50(35-18-7-2-8-19-35)57-51(56-49)40-24-15-27-47-48(40)41-32-36(29-31-46(41)59-47)37-28-30-45-43(33-37)54-52-53(38-20-9-3-10-21-38,39-22-11-4-12-23-39)42-25-13-14-26-44(42)58(45)52/h1-33H. The fourth-order valence-corrected chi connectivity index (χ4v) is 9.10. The molecule has 3 aromatic heterocycles. The summed E-state index contributed by atoms with van der Waals surface area (Å²) in [6.07, 6.45) is 0. The normalized spacial score (nSPS) is 12.9. The van der Waals surface area contributed by atoms with Gasteiger partial charge in [-0.1, -0.05) is 164 Å². The van der Waals surface area contributed by atoms with E-state index in [0.29, 0.717) is 17.5 Å². The van der Waals surface area contributed by atoms with Crippen LogP contribution in [0.2, 0.25) is 0 Å². The van der Waals surface area contributed by atoms with Crippen LogP contribution in [0, 0.1) is 0 Å². The molecule has 0 amide bonds. The molecule has 1 aliphatic heterocycles. The largest absolute Gasteiger partial charge is 0.456 e. The van der Waals surface area contributed by atoms with Gasteiger partial charge in [0.2, 0.25) is 0 Å². The third kappa shape index (κ3) is 5.06. The van der Waals surface area contributed by atoms with Gasteiger partial charge in [-0.15, -0.1) is 0 Å². The number of nitrogens with zero attached hydrogens (tertiary/aromatic N) is 5. The molecule has 0 saturated heterocycles. The maximum atomic E-state index is 6.50. The van der Waals surface area contributed by atoms with Crippen LogP contribution in [-0.4, -0.2) is 24.5 Å². The summed E-state index contributed by atoms with van der Waals surface area (Å²) in [7, 11) is 0. The van der Waals surface area contributed by atoms with Gasteiger partial charge in [-0.25, -0.2) is 19.9 Å².